The summed E-state index contributed by atoms with van der Waals surface area (Å²) in [6, 6.07) is -1.25. The zero-order chi connectivity index (χ0) is 42.6. The van der Waals surface area contributed by atoms with E-state index in [0.29, 0.717) is 12.8 Å². The van der Waals surface area contributed by atoms with Gasteiger partial charge in [-0.1, -0.05) is 256 Å². The quantitative estimate of drug-likeness (QED) is 0.0275. The molecule has 0 aliphatic rings. The van der Waals surface area contributed by atoms with Crippen molar-refractivity contribution in [3.63, 3.8) is 0 Å². The Hall–Kier alpha value is -1.22. The molecular weight excluding hydrogens is 743 g/mol. The van der Waals surface area contributed by atoms with Crippen LogP contribution in [-0.2, 0) is 14.9 Å². The fourth-order valence-corrected chi connectivity index (χ4v) is 8.62. The highest BCUT2D eigenvalue weighted by atomic mass is 32.2. The molecule has 0 aromatic rings. The number of aliphatic hydroxyl groups excluding tert-OH is 2. The third-order valence-electron chi connectivity index (χ3n) is 11.7. The van der Waals surface area contributed by atoms with Gasteiger partial charge in [-0.25, -0.2) is 0 Å². The maximum Gasteiger partial charge on any atom is 0.267 e. The van der Waals surface area contributed by atoms with Crippen LogP contribution in [0.2, 0.25) is 0 Å². The number of amides is 1. The van der Waals surface area contributed by atoms with Crippen LogP contribution in [0.3, 0.4) is 0 Å². The molecule has 8 heteroatoms. The summed E-state index contributed by atoms with van der Waals surface area (Å²) in [7, 11) is -4.45. The van der Waals surface area contributed by atoms with Crippen LogP contribution in [0.4, 0.5) is 0 Å². The molecule has 0 aliphatic heterocycles. The van der Waals surface area contributed by atoms with E-state index < -0.39 is 40.0 Å². The van der Waals surface area contributed by atoms with Gasteiger partial charge in [-0.3, -0.25) is 9.35 Å². The second-order valence-electron chi connectivity index (χ2n) is 17.6. The summed E-state index contributed by atoms with van der Waals surface area (Å²) >= 11 is 0. The van der Waals surface area contributed by atoms with Gasteiger partial charge in [-0.2, -0.15) is 8.42 Å². The van der Waals surface area contributed by atoms with Crippen molar-refractivity contribution in [2.45, 2.75) is 283 Å². The van der Waals surface area contributed by atoms with Gasteiger partial charge in [0.05, 0.1) is 17.9 Å². The van der Waals surface area contributed by atoms with Gasteiger partial charge in [0.25, 0.3) is 10.1 Å². The second kappa shape index (κ2) is 43.9. The Balaban J connectivity index is 3.92. The molecule has 0 saturated carbocycles. The van der Waals surface area contributed by atoms with Crippen LogP contribution < -0.4 is 5.32 Å². The average Bonchev–Trinajstić information content (AvgIpc) is 3.19. The maximum absolute atomic E-state index is 12.7. The van der Waals surface area contributed by atoms with Gasteiger partial charge < -0.3 is 15.5 Å². The molecule has 58 heavy (non-hydrogen) atoms. The molecule has 0 rings (SSSR count). The summed E-state index contributed by atoms with van der Waals surface area (Å²) in [5.41, 5.74) is 0. The molecule has 3 unspecified atom stereocenters. The van der Waals surface area contributed by atoms with E-state index in [1.54, 1.807) is 6.08 Å². The minimum Gasteiger partial charge on any atom is -0.387 e. The summed E-state index contributed by atoms with van der Waals surface area (Å²) in [6.07, 6.45) is 53.9. The molecule has 0 heterocycles. The fraction of sp³-hybridized carbons (Fsp3) is 0.900. The zero-order valence-corrected chi connectivity index (χ0v) is 39.1. The van der Waals surface area contributed by atoms with Gasteiger partial charge >= 0.3 is 0 Å². The van der Waals surface area contributed by atoms with E-state index in [1.807, 2.05) is 0 Å². The SMILES string of the molecule is CCCCCCCCCCCCCCCCC/C=C/CC/C=C/C(O)C(CS(=O)(=O)O)NC(=O)C(O)CCCCCCCCCCCCCCCCCCCCCC. The van der Waals surface area contributed by atoms with Crippen LogP contribution in [0.25, 0.3) is 0 Å². The minimum atomic E-state index is -4.45. The van der Waals surface area contributed by atoms with Crippen molar-refractivity contribution >= 4 is 16.0 Å². The molecule has 344 valence electrons. The van der Waals surface area contributed by atoms with Gasteiger partial charge in [0.15, 0.2) is 0 Å². The smallest absolute Gasteiger partial charge is 0.267 e. The molecule has 3 atom stereocenters. The van der Waals surface area contributed by atoms with E-state index in [9.17, 15) is 28.0 Å². The standard InChI is InChI=1S/C50H97NO6S/c1-3-5-7-9-11-13-15-17-19-21-23-25-27-28-30-32-34-36-38-40-42-44-48(52)47(46-58(55,56)57)51-50(54)49(53)45-43-41-39-37-35-33-31-29-26-24-22-20-18-16-14-12-10-8-6-4-2/h34,36,42,44,47-49,52-53H,3-33,35,37-41,43,45-46H2,1-2H3,(H,51,54)(H,55,56,57)/b36-34+,44-42+. The van der Waals surface area contributed by atoms with Crippen molar-refractivity contribution in [2.75, 3.05) is 5.75 Å². The first kappa shape index (κ1) is 56.8. The molecule has 1 amide bonds. The molecule has 0 saturated heterocycles. The topological polar surface area (TPSA) is 124 Å². The van der Waals surface area contributed by atoms with Crippen molar-refractivity contribution in [3.8, 4) is 0 Å². The molecule has 0 bridgehead atoms. The lowest BCUT2D eigenvalue weighted by Crippen LogP contribution is -2.50. The summed E-state index contributed by atoms with van der Waals surface area (Å²) in [4.78, 5) is 12.7. The van der Waals surface area contributed by atoms with E-state index in [-0.39, 0.29) is 6.42 Å². The summed E-state index contributed by atoms with van der Waals surface area (Å²) < 4.78 is 32.7. The zero-order valence-electron chi connectivity index (χ0n) is 38.3. The average molecular weight is 840 g/mol. The minimum absolute atomic E-state index is 0.279. The Bertz CT molecular complexity index is 1030. The first-order valence-electron chi connectivity index (χ1n) is 25.1. The van der Waals surface area contributed by atoms with Gasteiger partial charge in [0.2, 0.25) is 5.91 Å². The number of nitrogens with one attached hydrogen (secondary N) is 1. The molecule has 0 radical (unpaired) electrons. The molecule has 0 spiro atoms. The first-order chi connectivity index (χ1) is 28.2. The highest BCUT2D eigenvalue weighted by Gasteiger charge is 2.27. The molecule has 7 nitrogen and oxygen atoms in total. The Labute approximate surface area is 360 Å². The van der Waals surface area contributed by atoms with Crippen LogP contribution in [0.15, 0.2) is 24.3 Å². The third-order valence-corrected chi connectivity index (χ3v) is 12.5. The molecule has 4 N–H and O–H groups in total. The largest absolute Gasteiger partial charge is 0.387 e. The number of hydrogen-bond acceptors (Lipinski definition) is 5. The van der Waals surface area contributed by atoms with Crippen molar-refractivity contribution in [2.24, 2.45) is 0 Å². The Morgan fingerprint density at radius 1 is 0.466 bits per heavy atom. The number of hydrogen-bond donors (Lipinski definition) is 4. The van der Waals surface area contributed by atoms with Crippen LogP contribution >= 0.6 is 0 Å². The normalized spacial score (nSPS) is 13.8. The predicted molar refractivity (Wildman–Crippen MR) is 250 cm³/mol. The molecule has 0 aromatic carbocycles. The lowest BCUT2D eigenvalue weighted by atomic mass is 10.0. The van der Waals surface area contributed by atoms with Crippen molar-refractivity contribution in [1.82, 2.24) is 5.32 Å². The summed E-state index contributed by atoms with van der Waals surface area (Å²) in [5.74, 6) is -1.55. The Morgan fingerprint density at radius 2 is 0.776 bits per heavy atom. The van der Waals surface area contributed by atoms with Crippen LogP contribution in [0, 0.1) is 0 Å². The van der Waals surface area contributed by atoms with E-state index in [0.717, 1.165) is 32.1 Å². The van der Waals surface area contributed by atoms with E-state index in [1.165, 1.54) is 205 Å². The van der Waals surface area contributed by atoms with Crippen LogP contribution in [0.5, 0.6) is 0 Å². The highest BCUT2D eigenvalue weighted by Crippen LogP contribution is 2.17. The van der Waals surface area contributed by atoms with Crippen LogP contribution in [0.1, 0.15) is 264 Å². The number of carbonyl (C=O) groups is 1. The van der Waals surface area contributed by atoms with Crippen molar-refractivity contribution in [3.05, 3.63) is 24.3 Å². The maximum atomic E-state index is 12.7. The Kier molecular flexibility index (Phi) is 42.9. The monoisotopic (exact) mass is 840 g/mol. The molecule has 0 aliphatic carbocycles. The summed E-state index contributed by atoms with van der Waals surface area (Å²) in [6.45, 7) is 4.55. The Morgan fingerprint density at radius 3 is 1.14 bits per heavy atom. The lowest BCUT2D eigenvalue weighted by molar-refractivity contribution is -0.130. The van der Waals surface area contributed by atoms with Gasteiger partial charge in [0.1, 0.15) is 6.10 Å². The van der Waals surface area contributed by atoms with Crippen molar-refractivity contribution < 1.29 is 28.0 Å². The van der Waals surface area contributed by atoms with Crippen LogP contribution in [-0.4, -0.2) is 53.1 Å². The first-order valence-corrected chi connectivity index (χ1v) is 26.8. The number of allylic oxidation sites excluding steroid dienone is 3. The lowest BCUT2D eigenvalue weighted by Gasteiger charge is -2.22. The number of aliphatic hydroxyl groups is 2. The molecule has 0 fully saturated rings. The summed E-state index contributed by atoms with van der Waals surface area (Å²) in [5, 5.41) is 23.5. The van der Waals surface area contributed by atoms with E-state index >= 15 is 0 Å². The van der Waals surface area contributed by atoms with Gasteiger partial charge in [-0.05, 0) is 32.1 Å². The number of rotatable bonds is 46. The predicted octanol–water partition coefficient (Wildman–Crippen LogP) is 14.4. The second-order valence-corrected chi connectivity index (χ2v) is 19.1. The van der Waals surface area contributed by atoms with Gasteiger partial charge in [-0.15, -0.1) is 0 Å². The molecule has 0 aromatic heterocycles. The van der Waals surface area contributed by atoms with Crippen molar-refractivity contribution in [1.29, 1.82) is 0 Å². The van der Waals surface area contributed by atoms with Gasteiger partial charge in [0, 0.05) is 0 Å². The number of carbonyl (C=O) groups excluding carboxylic acids is 1. The number of unbranched alkanes of at least 4 members (excludes halogenated alkanes) is 35. The van der Waals surface area contributed by atoms with E-state index in [2.05, 4.69) is 31.3 Å². The highest BCUT2D eigenvalue weighted by molar-refractivity contribution is 7.85. The third kappa shape index (κ3) is 42.9. The fourth-order valence-electron chi connectivity index (χ4n) is 7.89. The van der Waals surface area contributed by atoms with E-state index in [4.69, 9.17) is 0 Å². The molecular formula is C50H97NO6S.